The van der Waals surface area contributed by atoms with E-state index in [0.717, 1.165) is 72.6 Å². The molecule has 0 saturated carbocycles. The third-order valence-electron chi connectivity index (χ3n) is 7.26. The molecule has 8 nitrogen and oxygen atoms in total. The second kappa shape index (κ2) is 11.2. The first-order valence-electron chi connectivity index (χ1n) is 12.6. The van der Waals surface area contributed by atoms with E-state index in [-0.39, 0.29) is 35.2 Å². The van der Waals surface area contributed by atoms with Gasteiger partial charge < -0.3 is 20.2 Å². The number of nitrogens with one attached hydrogen (secondary N) is 2. The minimum absolute atomic E-state index is 0. The maximum absolute atomic E-state index is 11.4. The van der Waals surface area contributed by atoms with Gasteiger partial charge in [0.25, 0.3) is 0 Å². The van der Waals surface area contributed by atoms with Crippen molar-refractivity contribution in [3.05, 3.63) is 69.8 Å². The molecule has 4 N–H and O–H groups in total. The molecule has 8 bridgehead atoms. The molecule has 205 valence electrons. The average molecular weight is 708 g/mol. The van der Waals surface area contributed by atoms with Gasteiger partial charge in [0.05, 0.1) is 22.8 Å². The zero-order valence-corrected chi connectivity index (χ0v) is 24.4. The Kier molecular flexibility index (Phi) is 8.11. The third-order valence-corrected chi connectivity index (χ3v) is 7.26. The molecular formula is C30H30AuN4O4. The number of allylic oxidation sites excluding steroid dienone is 3. The van der Waals surface area contributed by atoms with E-state index >= 15 is 0 Å². The van der Waals surface area contributed by atoms with Gasteiger partial charge in [-0.15, -0.1) is 0 Å². The second-order valence-electron chi connectivity index (χ2n) is 9.98. The Morgan fingerprint density at radius 1 is 0.769 bits per heavy atom. The Balaban J connectivity index is 0.00000353. The zero-order valence-electron chi connectivity index (χ0n) is 22.2. The number of aromatic amines is 2. The smallest absolute Gasteiger partial charge is 0.303 e. The summed E-state index contributed by atoms with van der Waals surface area (Å²) < 4.78 is 0. The monoisotopic (exact) mass is 707 g/mol. The van der Waals surface area contributed by atoms with E-state index in [2.05, 4.69) is 16.0 Å². The maximum Gasteiger partial charge on any atom is 0.303 e. The molecule has 2 aliphatic rings. The molecular weight excluding hydrogens is 677 g/mol. The third kappa shape index (κ3) is 5.83. The number of aryl methyl sites for hydroxylation is 3. The first-order valence-corrected chi connectivity index (χ1v) is 12.6. The fraction of sp³-hybridized carbons (Fsp3) is 0.267. The predicted octanol–water partition coefficient (Wildman–Crippen LogP) is 6.30. The van der Waals surface area contributed by atoms with Crippen LogP contribution in [0.25, 0.3) is 44.9 Å². The fourth-order valence-electron chi connectivity index (χ4n) is 5.11. The Morgan fingerprint density at radius 2 is 1.46 bits per heavy atom. The van der Waals surface area contributed by atoms with Crippen molar-refractivity contribution in [2.45, 2.75) is 53.4 Å². The van der Waals surface area contributed by atoms with Crippen molar-refractivity contribution in [3.63, 3.8) is 0 Å². The van der Waals surface area contributed by atoms with Crippen LogP contribution in [0.2, 0.25) is 0 Å². The first kappa shape index (κ1) is 28.3. The van der Waals surface area contributed by atoms with Crippen LogP contribution in [-0.2, 0) is 38.4 Å². The van der Waals surface area contributed by atoms with Crippen molar-refractivity contribution in [3.8, 4) is 0 Å². The molecule has 0 amide bonds. The number of aliphatic carboxylic acids is 2. The van der Waals surface area contributed by atoms with Gasteiger partial charge in [-0.2, -0.15) is 0 Å². The Hall–Kier alpha value is -3.72. The van der Waals surface area contributed by atoms with Crippen molar-refractivity contribution in [2.75, 3.05) is 0 Å². The van der Waals surface area contributed by atoms with Crippen LogP contribution in [-0.4, -0.2) is 42.1 Å². The van der Waals surface area contributed by atoms with Gasteiger partial charge >= 0.3 is 11.9 Å². The minimum atomic E-state index is -0.868. The number of H-pyrrole nitrogens is 2. The number of hydrogen-bond donors (Lipinski definition) is 4. The summed E-state index contributed by atoms with van der Waals surface area (Å²) in [6.45, 7) is 8.01. The summed E-state index contributed by atoms with van der Waals surface area (Å²) in [6, 6.07) is 9.98. The largest absolute Gasteiger partial charge is 0.481 e. The van der Waals surface area contributed by atoms with Crippen LogP contribution in [0.1, 0.15) is 72.6 Å². The summed E-state index contributed by atoms with van der Waals surface area (Å²) in [7, 11) is 0. The van der Waals surface area contributed by atoms with Crippen molar-refractivity contribution in [2.24, 2.45) is 0 Å². The summed E-state index contributed by atoms with van der Waals surface area (Å²) in [4.78, 5) is 39.5. The number of carboxylic acid groups (broad SMARTS) is 2. The summed E-state index contributed by atoms with van der Waals surface area (Å²) >= 11 is 0. The standard InChI is InChI=1S/C30H30N4O4.Au/c1-15-9-20-12-25-17(3)21(5-7-29(35)36)27(33-25)14-28-22(6-8-30(37)38)18(4)26(34-28)13-24-16(2)10-19(32-24)11-23(15)31-20;/h9-14,31,34H,5-8H2,1-4H3,(H,35,36)(H,37,38);. The molecule has 0 spiro atoms. The molecule has 0 aromatic carbocycles. The van der Waals surface area contributed by atoms with Crippen LogP contribution >= 0.6 is 0 Å². The van der Waals surface area contributed by atoms with Crippen LogP contribution in [0.3, 0.4) is 0 Å². The molecule has 39 heavy (non-hydrogen) atoms. The summed E-state index contributed by atoms with van der Waals surface area (Å²) in [6.07, 6.45) is 2.74. The van der Waals surface area contributed by atoms with Crippen LogP contribution in [0.4, 0.5) is 0 Å². The second-order valence-corrected chi connectivity index (χ2v) is 9.98. The molecule has 0 fully saturated rings. The van der Waals surface area contributed by atoms with E-state index in [9.17, 15) is 19.8 Å². The number of hydrogen-bond acceptors (Lipinski definition) is 4. The van der Waals surface area contributed by atoms with Crippen LogP contribution in [0.15, 0.2) is 30.3 Å². The van der Waals surface area contributed by atoms with E-state index in [4.69, 9.17) is 9.97 Å². The number of fused-ring (bicyclic) bond motifs is 8. The summed E-state index contributed by atoms with van der Waals surface area (Å²) in [5.74, 6) is -1.73. The SMILES string of the molecule is CC1=Cc2cc3[nH]c(cc4nc(cc5[nH]c(cc1n2)c(C)c5CCC(=O)O)C(CCC(=O)O)=C4C)cc3C.[Au]. The molecule has 0 atom stereocenters. The van der Waals surface area contributed by atoms with E-state index in [1.807, 2.05) is 58.0 Å². The van der Waals surface area contributed by atoms with E-state index in [1.165, 1.54) is 0 Å². The van der Waals surface area contributed by atoms with Gasteiger partial charge in [-0.25, -0.2) is 9.97 Å². The van der Waals surface area contributed by atoms with Crippen LogP contribution in [0, 0.1) is 13.8 Å². The number of carbonyl (C=O) groups is 2. The Bertz CT molecular complexity index is 1730. The van der Waals surface area contributed by atoms with Crippen LogP contribution < -0.4 is 0 Å². The average Bonchev–Trinajstić information content (AvgIpc) is 3.53. The molecule has 3 aromatic heterocycles. The van der Waals surface area contributed by atoms with Gasteiger partial charge in [-0.05, 0) is 110 Å². The number of carboxylic acids is 2. The van der Waals surface area contributed by atoms with E-state index < -0.39 is 11.9 Å². The van der Waals surface area contributed by atoms with Gasteiger partial charge in [-0.3, -0.25) is 9.59 Å². The molecule has 2 aliphatic heterocycles. The number of aromatic nitrogens is 4. The quantitative estimate of drug-likeness (QED) is 0.223. The molecule has 0 aliphatic carbocycles. The van der Waals surface area contributed by atoms with Crippen molar-refractivity contribution in [1.29, 1.82) is 0 Å². The normalized spacial score (nSPS) is 12.8. The van der Waals surface area contributed by atoms with Gasteiger partial charge in [0.1, 0.15) is 0 Å². The topological polar surface area (TPSA) is 132 Å². The van der Waals surface area contributed by atoms with Gasteiger partial charge in [-0.1, -0.05) is 0 Å². The number of nitrogens with zero attached hydrogens (tertiary/aromatic N) is 2. The molecule has 0 unspecified atom stereocenters. The Labute approximate surface area is 241 Å². The maximum atomic E-state index is 11.4. The molecule has 0 saturated heterocycles. The molecule has 5 heterocycles. The summed E-state index contributed by atoms with van der Waals surface area (Å²) in [5, 5.41) is 18.7. The Morgan fingerprint density at radius 3 is 2.18 bits per heavy atom. The zero-order chi connectivity index (χ0) is 27.1. The van der Waals surface area contributed by atoms with Gasteiger partial charge in [0.2, 0.25) is 0 Å². The molecule has 3 aromatic rings. The van der Waals surface area contributed by atoms with E-state index in [1.54, 1.807) is 0 Å². The van der Waals surface area contributed by atoms with Gasteiger partial charge in [0, 0.05) is 57.3 Å². The molecule has 5 rings (SSSR count). The summed E-state index contributed by atoms with van der Waals surface area (Å²) in [5.41, 5.74) is 12.4. The first-order chi connectivity index (χ1) is 18.1. The molecule has 1 radical (unpaired) electrons. The van der Waals surface area contributed by atoms with Gasteiger partial charge in [0.15, 0.2) is 0 Å². The van der Waals surface area contributed by atoms with Crippen molar-refractivity contribution >= 4 is 56.8 Å². The minimum Gasteiger partial charge on any atom is -0.481 e. The van der Waals surface area contributed by atoms with Crippen molar-refractivity contribution in [1.82, 2.24) is 19.9 Å². The van der Waals surface area contributed by atoms with Crippen LogP contribution in [0.5, 0.6) is 0 Å². The van der Waals surface area contributed by atoms with Crippen molar-refractivity contribution < 1.29 is 42.2 Å². The van der Waals surface area contributed by atoms with E-state index in [0.29, 0.717) is 18.5 Å². The fourth-order valence-corrected chi connectivity index (χ4v) is 5.11. The molecule has 9 heteroatoms. The number of rotatable bonds is 6. The predicted molar refractivity (Wildman–Crippen MR) is 149 cm³/mol.